The number of aryl methyl sites for hydroxylation is 1. The van der Waals surface area contributed by atoms with Crippen LogP contribution in [0, 0.1) is 0 Å². The van der Waals surface area contributed by atoms with E-state index >= 15 is 0 Å². The molecule has 2 aliphatic rings. The van der Waals surface area contributed by atoms with Crippen molar-refractivity contribution in [1.82, 2.24) is 19.6 Å². The quantitative estimate of drug-likeness (QED) is 0.829. The molecule has 20 heavy (non-hydrogen) atoms. The standard InChI is InChI=1S/C15H26N4O/c1-17(2)14-8-15(20-12-14)4-6-19(7-5-15)11-13-9-16-18(3)10-13/h9-10,14H,4-8,11-12H2,1-3H3/t14-/m0/s1. The van der Waals surface area contributed by atoms with Gasteiger partial charge >= 0.3 is 0 Å². The Bertz CT molecular complexity index is 448. The zero-order chi connectivity index (χ0) is 14.2. The molecule has 0 aromatic carbocycles. The number of nitrogens with zero attached hydrogens (tertiary/aromatic N) is 4. The Kier molecular flexibility index (Phi) is 3.84. The van der Waals surface area contributed by atoms with E-state index in [-0.39, 0.29) is 5.60 Å². The Hall–Kier alpha value is -0.910. The number of aromatic nitrogens is 2. The van der Waals surface area contributed by atoms with Crippen molar-refractivity contribution < 1.29 is 4.74 Å². The van der Waals surface area contributed by atoms with Gasteiger partial charge in [0.05, 0.1) is 18.4 Å². The van der Waals surface area contributed by atoms with Crippen LogP contribution in [0.1, 0.15) is 24.8 Å². The van der Waals surface area contributed by atoms with E-state index < -0.39 is 0 Å². The Labute approximate surface area is 121 Å². The monoisotopic (exact) mass is 278 g/mol. The van der Waals surface area contributed by atoms with Gasteiger partial charge in [-0.15, -0.1) is 0 Å². The molecule has 112 valence electrons. The summed E-state index contributed by atoms with van der Waals surface area (Å²) < 4.78 is 8.05. The first-order chi connectivity index (χ1) is 9.56. The first kappa shape index (κ1) is 14.0. The summed E-state index contributed by atoms with van der Waals surface area (Å²) in [6, 6.07) is 0.597. The molecule has 3 rings (SSSR count). The molecule has 0 aliphatic carbocycles. The molecule has 0 bridgehead atoms. The van der Waals surface area contributed by atoms with E-state index in [4.69, 9.17) is 4.74 Å². The predicted octanol–water partition coefficient (Wildman–Crippen LogP) is 1.11. The molecule has 2 aliphatic heterocycles. The van der Waals surface area contributed by atoms with E-state index in [1.54, 1.807) is 0 Å². The van der Waals surface area contributed by atoms with E-state index in [9.17, 15) is 0 Å². The molecule has 0 unspecified atom stereocenters. The van der Waals surface area contributed by atoms with Crippen molar-refractivity contribution >= 4 is 0 Å². The van der Waals surface area contributed by atoms with Crippen molar-refractivity contribution in [3.63, 3.8) is 0 Å². The van der Waals surface area contributed by atoms with Crippen molar-refractivity contribution in [2.24, 2.45) is 7.05 Å². The fourth-order valence-corrected chi connectivity index (χ4v) is 3.43. The molecular formula is C15H26N4O. The number of likely N-dealkylation sites (tertiary alicyclic amines) is 1. The molecule has 1 spiro atoms. The van der Waals surface area contributed by atoms with Crippen molar-refractivity contribution in [3.8, 4) is 0 Å². The summed E-state index contributed by atoms with van der Waals surface area (Å²) in [5.74, 6) is 0. The highest BCUT2D eigenvalue weighted by Gasteiger charge is 2.43. The number of hydrogen-bond acceptors (Lipinski definition) is 4. The molecule has 2 saturated heterocycles. The number of piperidine rings is 1. The van der Waals surface area contributed by atoms with Gasteiger partial charge in [-0.1, -0.05) is 0 Å². The lowest BCUT2D eigenvalue weighted by Gasteiger charge is -2.38. The van der Waals surface area contributed by atoms with Crippen LogP contribution >= 0.6 is 0 Å². The van der Waals surface area contributed by atoms with E-state index in [1.165, 1.54) is 12.0 Å². The van der Waals surface area contributed by atoms with Crippen molar-refractivity contribution in [1.29, 1.82) is 0 Å². The summed E-state index contributed by atoms with van der Waals surface area (Å²) in [7, 11) is 6.29. The molecule has 1 aromatic rings. The van der Waals surface area contributed by atoms with Crippen LogP contribution in [-0.2, 0) is 18.3 Å². The maximum Gasteiger partial charge on any atom is 0.0723 e. The van der Waals surface area contributed by atoms with Gasteiger partial charge in [-0.25, -0.2) is 0 Å². The smallest absolute Gasteiger partial charge is 0.0723 e. The van der Waals surface area contributed by atoms with E-state index in [2.05, 4.69) is 35.2 Å². The average molecular weight is 278 g/mol. The number of likely N-dealkylation sites (N-methyl/N-ethyl adjacent to an activating group) is 1. The average Bonchev–Trinajstić information content (AvgIpc) is 3.00. The third-order valence-corrected chi connectivity index (χ3v) is 4.85. The molecule has 2 fully saturated rings. The minimum Gasteiger partial charge on any atom is -0.373 e. The van der Waals surface area contributed by atoms with Gasteiger partial charge in [0.25, 0.3) is 0 Å². The van der Waals surface area contributed by atoms with E-state index in [0.29, 0.717) is 6.04 Å². The van der Waals surface area contributed by atoms with Gasteiger partial charge in [0.15, 0.2) is 0 Å². The van der Waals surface area contributed by atoms with Gasteiger partial charge in [-0.05, 0) is 33.4 Å². The highest BCUT2D eigenvalue weighted by atomic mass is 16.5. The first-order valence-electron chi connectivity index (χ1n) is 7.57. The molecule has 3 heterocycles. The Morgan fingerprint density at radius 2 is 2.15 bits per heavy atom. The molecule has 0 amide bonds. The van der Waals surface area contributed by atoms with Crippen LogP contribution in [0.15, 0.2) is 12.4 Å². The maximum atomic E-state index is 6.17. The van der Waals surface area contributed by atoms with E-state index in [0.717, 1.165) is 39.1 Å². The topological polar surface area (TPSA) is 33.5 Å². The number of rotatable bonds is 3. The predicted molar refractivity (Wildman–Crippen MR) is 78.5 cm³/mol. The molecule has 5 nitrogen and oxygen atoms in total. The van der Waals surface area contributed by atoms with Crippen LogP contribution in [0.2, 0.25) is 0 Å². The summed E-state index contributed by atoms with van der Waals surface area (Å²) in [6.45, 7) is 4.18. The van der Waals surface area contributed by atoms with E-state index in [1.807, 2.05) is 17.9 Å². The second-order valence-corrected chi connectivity index (χ2v) is 6.61. The van der Waals surface area contributed by atoms with Gasteiger partial charge in [0, 0.05) is 44.5 Å². The maximum absolute atomic E-state index is 6.17. The minimum absolute atomic E-state index is 0.153. The summed E-state index contributed by atoms with van der Waals surface area (Å²) in [5, 5.41) is 4.24. The second kappa shape index (κ2) is 5.47. The lowest BCUT2D eigenvalue weighted by Crippen LogP contribution is -2.44. The van der Waals surface area contributed by atoms with Crippen LogP contribution in [0.4, 0.5) is 0 Å². The fraction of sp³-hybridized carbons (Fsp3) is 0.800. The van der Waals surface area contributed by atoms with Crippen molar-refractivity contribution in [3.05, 3.63) is 18.0 Å². The Morgan fingerprint density at radius 3 is 2.70 bits per heavy atom. The molecule has 0 N–H and O–H groups in total. The molecular weight excluding hydrogens is 252 g/mol. The highest BCUT2D eigenvalue weighted by Crippen LogP contribution is 2.37. The second-order valence-electron chi connectivity index (χ2n) is 6.61. The van der Waals surface area contributed by atoms with Crippen LogP contribution in [0.25, 0.3) is 0 Å². The number of ether oxygens (including phenoxy) is 1. The van der Waals surface area contributed by atoms with Gasteiger partial charge in [-0.2, -0.15) is 5.10 Å². The van der Waals surface area contributed by atoms with Crippen LogP contribution in [0.5, 0.6) is 0 Å². The minimum atomic E-state index is 0.153. The first-order valence-corrected chi connectivity index (χ1v) is 7.57. The number of hydrogen-bond donors (Lipinski definition) is 0. The summed E-state index contributed by atoms with van der Waals surface area (Å²) in [5.41, 5.74) is 1.46. The van der Waals surface area contributed by atoms with Gasteiger partial charge < -0.3 is 9.64 Å². The Morgan fingerprint density at radius 1 is 1.40 bits per heavy atom. The molecule has 1 atom stereocenters. The lowest BCUT2D eigenvalue weighted by molar-refractivity contribution is -0.0451. The SMILES string of the molecule is CN(C)[C@@H]1COC2(CCN(Cc3cnn(C)c3)CC2)C1. The molecule has 0 radical (unpaired) electrons. The zero-order valence-electron chi connectivity index (χ0n) is 12.9. The van der Waals surface area contributed by atoms with Gasteiger partial charge in [0.1, 0.15) is 0 Å². The summed E-state index contributed by atoms with van der Waals surface area (Å²) >= 11 is 0. The summed E-state index contributed by atoms with van der Waals surface area (Å²) in [4.78, 5) is 4.82. The Balaban J connectivity index is 1.52. The van der Waals surface area contributed by atoms with Crippen LogP contribution < -0.4 is 0 Å². The lowest BCUT2D eigenvalue weighted by atomic mass is 9.87. The normalized spacial score (nSPS) is 26.7. The molecule has 0 saturated carbocycles. The summed E-state index contributed by atoms with van der Waals surface area (Å²) in [6.07, 6.45) is 7.60. The third kappa shape index (κ3) is 2.90. The van der Waals surface area contributed by atoms with Gasteiger partial charge in [0.2, 0.25) is 0 Å². The largest absolute Gasteiger partial charge is 0.373 e. The van der Waals surface area contributed by atoms with Crippen molar-refractivity contribution in [2.75, 3.05) is 33.8 Å². The zero-order valence-corrected chi connectivity index (χ0v) is 12.9. The van der Waals surface area contributed by atoms with Crippen LogP contribution in [-0.4, -0.2) is 65.0 Å². The third-order valence-electron chi connectivity index (χ3n) is 4.85. The van der Waals surface area contributed by atoms with Crippen molar-refractivity contribution in [2.45, 2.75) is 37.5 Å². The fourth-order valence-electron chi connectivity index (χ4n) is 3.43. The van der Waals surface area contributed by atoms with Gasteiger partial charge in [-0.3, -0.25) is 9.58 Å². The molecule has 5 heteroatoms. The molecule has 1 aromatic heterocycles. The highest BCUT2D eigenvalue weighted by molar-refractivity contribution is 5.04. The van der Waals surface area contributed by atoms with Crippen LogP contribution in [0.3, 0.4) is 0 Å².